The summed E-state index contributed by atoms with van der Waals surface area (Å²) in [6, 6.07) is 0. The second-order valence-corrected chi connectivity index (χ2v) is 3.78. The van der Waals surface area contributed by atoms with E-state index >= 15 is 0 Å². The molecular formula is C11H4F4O3. The van der Waals surface area contributed by atoms with E-state index in [9.17, 15) is 31.9 Å². The van der Waals surface area contributed by atoms with Crippen LogP contribution in [0.4, 0.5) is 17.6 Å². The first kappa shape index (κ1) is 12.4. The maximum Gasteiger partial charge on any atom is 0.198 e. The average molecular weight is 260 g/mol. The summed E-state index contributed by atoms with van der Waals surface area (Å²) in [5.41, 5.74) is -2.40. The molecule has 1 aromatic rings. The molecule has 0 heterocycles. The van der Waals surface area contributed by atoms with Crippen molar-refractivity contribution in [1.29, 1.82) is 0 Å². The third kappa shape index (κ3) is 1.33. The minimum atomic E-state index is -2.18. The van der Waals surface area contributed by atoms with Gasteiger partial charge in [0.25, 0.3) is 0 Å². The van der Waals surface area contributed by atoms with Crippen LogP contribution in [0.2, 0.25) is 0 Å². The van der Waals surface area contributed by atoms with Crippen molar-refractivity contribution in [3.05, 3.63) is 34.4 Å². The maximum absolute atomic E-state index is 13.3. The summed E-state index contributed by atoms with van der Waals surface area (Å²) in [4.78, 5) is 34.1. The highest BCUT2D eigenvalue weighted by atomic mass is 19.2. The van der Waals surface area contributed by atoms with E-state index in [1.165, 1.54) is 0 Å². The van der Waals surface area contributed by atoms with Crippen LogP contribution >= 0.6 is 0 Å². The summed E-state index contributed by atoms with van der Waals surface area (Å²) in [5.74, 6) is -13.8. The van der Waals surface area contributed by atoms with Crippen molar-refractivity contribution in [2.24, 2.45) is 5.92 Å². The van der Waals surface area contributed by atoms with Crippen LogP contribution in [0.5, 0.6) is 0 Å². The predicted molar refractivity (Wildman–Crippen MR) is 49.1 cm³/mol. The Kier molecular flexibility index (Phi) is 2.57. The number of hydrogen-bond donors (Lipinski definition) is 0. The van der Waals surface area contributed by atoms with Gasteiger partial charge in [-0.2, -0.15) is 0 Å². The number of rotatable bonds is 1. The molecule has 1 aliphatic carbocycles. The highest BCUT2D eigenvalue weighted by molar-refractivity contribution is 6.35. The van der Waals surface area contributed by atoms with Gasteiger partial charge in [-0.1, -0.05) is 0 Å². The predicted octanol–water partition coefficient (Wildman–Crippen LogP) is 1.83. The summed E-state index contributed by atoms with van der Waals surface area (Å²) < 4.78 is 52.6. The lowest BCUT2D eigenvalue weighted by Crippen LogP contribution is -2.23. The Morgan fingerprint density at radius 1 is 0.833 bits per heavy atom. The summed E-state index contributed by atoms with van der Waals surface area (Å²) >= 11 is 0. The van der Waals surface area contributed by atoms with Crippen LogP contribution in [-0.2, 0) is 4.79 Å². The molecule has 3 nitrogen and oxygen atoms in total. The number of carbonyl (C=O) groups is 3. The lowest BCUT2D eigenvalue weighted by molar-refractivity contribution is -0.118. The number of benzene rings is 1. The number of carbonyl (C=O) groups excluding carboxylic acids is 3. The molecule has 2 rings (SSSR count). The normalized spacial score (nSPS) is 15.2. The van der Waals surface area contributed by atoms with E-state index < -0.39 is 57.7 Å². The van der Waals surface area contributed by atoms with Crippen molar-refractivity contribution in [3.8, 4) is 0 Å². The van der Waals surface area contributed by atoms with Crippen molar-refractivity contribution in [1.82, 2.24) is 0 Å². The first-order valence-corrected chi connectivity index (χ1v) is 4.73. The summed E-state index contributed by atoms with van der Waals surface area (Å²) in [6.07, 6.45) is 0. The van der Waals surface area contributed by atoms with Crippen molar-refractivity contribution in [2.45, 2.75) is 6.92 Å². The van der Waals surface area contributed by atoms with Crippen molar-refractivity contribution in [3.63, 3.8) is 0 Å². The van der Waals surface area contributed by atoms with Crippen LogP contribution in [-0.4, -0.2) is 17.3 Å². The molecule has 0 fully saturated rings. The fourth-order valence-electron chi connectivity index (χ4n) is 1.87. The number of hydrogen-bond acceptors (Lipinski definition) is 3. The fraction of sp³-hybridized carbons (Fsp3) is 0.182. The van der Waals surface area contributed by atoms with E-state index in [2.05, 4.69) is 0 Å². The zero-order valence-corrected chi connectivity index (χ0v) is 8.81. The summed E-state index contributed by atoms with van der Waals surface area (Å²) in [7, 11) is 0. The van der Waals surface area contributed by atoms with E-state index in [-0.39, 0.29) is 0 Å². The van der Waals surface area contributed by atoms with Gasteiger partial charge in [0.15, 0.2) is 34.8 Å². The largest absolute Gasteiger partial charge is 0.299 e. The molecule has 94 valence electrons. The van der Waals surface area contributed by atoms with Crippen LogP contribution in [0.1, 0.15) is 27.6 Å². The number of Topliss-reactive ketones (excluding diaryl/α,β-unsaturated/α-hetero) is 3. The Morgan fingerprint density at radius 2 is 1.17 bits per heavy atom. The molecule has 1 aromatic carbocycles. The molecule has 0 spiro atoms. The Hall–Kier alpha value is -2.05. The Morgan fingerprint density at radius 3 is 1.44 bits per heavy atom. The second kappa shape index (κ2) is 3.72. The lowest BCUT2D eigenvalue weighted by Gasteiger charge is -2.02. The number of halogens is 4. The van der Waals surface area contributed by atoms with Crippen molar-refractivity contribution < 1.29 is 31.9 Å². The van der Waals surface area contributed by atoms with E-state index in [1.54, 1.807) is 0 Å². The van der Waals surface area contributed by atoms with Gasteiger partial charge >= 0.3 is 0 Å². The zero-order valence-electron chi connectivity index (χ0n) is 8.81. The third-order valence-corrected chi connectivity index (χ3v) is 2.69. The number of fused-ring (bicyclic) bond motifs is 1. The molecule has 18 heavy (non-hydrogen) atoms. The quantitative estimate of drug-likeness (QED) is 0.335. The topological polar surface area (TPSA) is 51.2 Å². The van der Waals surface area contributed by atoms with Crippen LogP contribution in [0.3, 0.4) is 0 Å². The smallest absolute Gasteiger partial charge is 0.198 e. The highest BCUT2D eigenvalue weighted by Gasteiger charge is 2.47. The molecule has 0 bridgehead atoms. The Labute approximate surface area is 97.4 Å². The molecule has 0 saturated carbocycles. The van der Waals surface area contributed by atoms with Crippen LogP contribution in [0, 0.1) is 29.2 Å². The molecule has 0 atom stereocenters. The number of ketones is 3. The Balaban J connectivity index is 2.85. The van der Waals surface area contributed by atoms with Gasteiger partial charge in [0.1, 0.15) is 11.7 Å². The van der Waals surface area contributed by atoms with Gasteiger partial charge in [-0.15, -0.1) is 0 Å². The molecule has 0 saturated heterocycles. The third-order valence-electron chi connectivity index (χ3n) is 2.69. The van der Waals surface area contributed by atoms with Gasteiger partial charge in [0, 0.05) is 0 Å². The molecule has 0 aromatic heterocycles. The minimum absolute atomic E-state index is 0.870. The molecule has 1 aliphatic rings. The van der Waals surface area contributed by atoms with Crippen LogP contribution in [0.15, 0.2) is 0 Å². The van der Waals surface area contributed by atoms with E-state index in [4.69, 9.17) is 0 Å². The first-order chi connectivity index (χ1) is 8.29. The molecular weight excluding hydrogens is 256 g/mol. The van der Waals surface area contributed by atoms with Gasteiger partial charge in [0.2, 0.25) is 0 Å². The van der Waals surface area contributed by atoms with Crippen molar-refractivity contribution in [2.75, 3.05) is 0 Å². The van der Waals surface area contributed by atoms with Gasteiger partial charge in [-0.25, -0.2) is 17.6 Å². The van der Waals surface area contributed by atoms with Gasteiger partial charge in [0.05, 0.1) is 11.1 Å². The van der Waals surface area contributed by atoms with Crippen molar-refractivity contribution >= 4 is 17.3 Å². The fourth-order valence-corrected chi connectivity index (χ4v) is 1.87. The molecule has 0 unspecified atom stereocenters. The Bertz CT molecular complexity index is 574. The summed E-state index contributed by atoms with van der Waals surface area (Å²) in [5, 5.41) is 0. The van der Waals surface area contributed by atoms with Gasteiger partial charge < -0.3 is 0 Å². The maximum atomic E-state index is 13.3. The van der Waals surface area contributed by atoms with E-state index in [0.717, 1.165) is 6.92 Å². The highest BCUT2D eigenvalue weighted by Crippen LogP contribution is 2.34. The van der Waals surface area contributed by atoms with Crippen LogP contribution in [0.25, 0.3) is 0 Å². The monoisotopic (exact) mass is 260 g/mol. The molecule has 0 amide bonds. The SMILES string of the molecule is CC(=O)C1C(=O)c2c(F)c(F)c(F)c(F)c2C1=O. The molecule has 0 N–H and O–H groups in total. The average Bonchev–Trinajstić information content (AvgIpc) is 2.55. The van der Waals surface area contributed by atoms with Gasteiger partial charge in [-0.3, -0.25) is 14.4 Å². The van der Waals surface area contributed by atoms with E-state index in [0.29, 0.717) is 0 Å². The standard InChI is InChI=1S/C11H4F4O3/c1-2(16)3-10(17)4-5(11(3)18)7(13)9(15)8(14)6(4)12/h3H,1H3. The lowest BCUT2D eigenvalue weighted by atomic mass is 10.00. The first-order valence-electron chi connectivity index (χ1n) is 4.73. The zero-order chi connectivity index (χ0) is 13.8. The minimum Gasteiger partial charge on any atom is -0.299 e. The van der Waals surface area contributed by atoms with Crippen LogP contribution < -0.4 is 0 Å². The molecule has 0 radical (unpaired) electrons. The van der Waals surface area contributed by atoms with Gasteiger partial charge in [-0.05, 0) is 6.92 Å². The van der Waals surface area contributed by atoms with E-state index in [1.807, 2.05) is 0 Å². The molecule has 0 aliphatic heterocycles. The summed E-state index contributed by atoms with van der Waals surface area (Å²) in [6.45, 7) is 0.870. The molecule has 7 heteroatoms. The second-order valence-electron chi connectivity index (χ2n) is 3.78.